The Balaban J connectivity index is 1.55. The molecule has 7 nitrogen and oxygen atoms in total. The monoisotopic (exact) mass is 357 g/mol. The molecule has 2 unspecified atom stereocenters. The molecule has 2 aromatic rings. The maximum Gasteiger partial charge on any atom is 0.338 e. The number of piperidine rings is 1. The molecule has 26 heavy (non-hydrogen) atoms. The lowest BCUT2D eigenvalue weighted by atomic mass is 9.92. The second-order valence-corrected chi connectivity index (χ2v) is 7.04. The van der Waals surface area contributed by atoms with E-state index in [2.05, 4.69) is 24.0 Å². The SMILES string of the molecule is Cc1noc(-c2ccc(C(=O)OCC(=O)N3CC(C)CC(C)C3)cc2)n1. The van der Waals surface area contributed by atoms with Crippen molar-refractivity contribution in [3.05, 3.63) is 35.7 Å². The fourth-order valence-electron chi connectivity index (χ4n) is 3.33. The van der Waals surface area contributed by atoms with Crippen molar-refractivity contribution in [2.75, 3.05) is 19.7 Å². The molecule has 138 valence electrons. The van der Waals surface area contributed by atoms with Crippen LogP contribution in [-0.2, 0) is 9.53 Å². The topological polar surface area (TPSA) is 85.5 Å². The van der Waals surface area contributed by atoms with Crippen molar-refractivity contribution in [3.8, 4) is 11.5 Å². The fraction of sp³-hybridized carbons (Fsp3) is 0.474. The summed E-state index contributed by atoms with van der Waals surface area (Å²) in [6.07, 6.45) is 1.12. The van der Waals surface area contributed by atoms with Crippen LogP contribution < -0.4 is 0 Å². The van der Waals surface area contributed by atoms with Crippen molar-refractivity contribution >= 4 is 11.9 Å². The highest BCUT2D eigenvalue weighted by Crippen LogP contribution is 2.21. The van der Waals surface area contributed by atoms with Crippen LogP contribution in [0.5, 0.6) is 0 Å². The van der Waals surface area contributed by atoms with E-state index in [1.807, 2.05) is 0 Å². The van der Waals surface area contributed by atoms with E-state index in [1.165, 1.54) is 0 Å². The van der Waals surface area contributed by atoms with Gasteiger partial charge in [0.15, 0.2) is 12.4 Å². The Labute approximate surface area is 152 Å². The van der Waals surface area contributed by atoms with Crippen LogP contribution in [0.15, 0.2) is 28.8 Å². The molecular formula is C19H23N3O4. The molecule has 1 aliphatic rings. The molecule has 0 aliphatic carbocycles. The van der Waals surface area contributed by atoms with Gasteiger partial charge in [-0.3, -0.25) is 4.79 Å². The Bertz CT molecular complexity index is 774. The fourth-order valence-corrected chi connectivity index (χ4v) is 3.33. The van der Waals surface area contributed by atoms with Crippen LogP contribution in [0.1, 0.15) is 36.5 Å². The maximum atomic E-state index is 12.3. The highest BCUT2D eigenvalue weighted by Gasteiger charge is 2.26. The number of hydrogen-bond donors (Lipinski definition) is 0. The van der Waals surface area contributed by atoms with E-state index in [0.717, 1.165) is 25.1 Å². The lowest BCUT2D eigenvalue weighted by Crippen LogP contribution is -2.44. The van der Waals surface area contributed by atoms with Gasteiger partial charge in [0.2, 0.25) is 0 Å². The first-order valence-corrected chi connectivity index (χ1v) is 8.78. The summed E-state index contributed by atoms with van der Waals surface area (Å²) in [6.45, 7) is 7.21. The van der Waals surface area contributed by atoms with Gasteiger partial charge in [-0.2, -0.15) is 4.98 Å². The number of likely N-dealkylation sites (tertiary alicyclic amines) is 1. The van der Waals surface area contributed by atoms with E-state index in [9.17, 15) is 9.59 Å². The van der Waals surface area contributed by atoms with Gasteiger partial charge in [-0.1, -0.05) is 19.0 Å². The molecule has 3 rings (SSSR count). The third-order valence-electron chi connectivity index (χ3n) is 4.44. The van der Waals surface area contributed by atoms with Gasteiger partial charge in [0.1, 0.15) is 0 Å². The third-order valence-corrected chi connectivity index (χ3v) is 4.44. The number of carbonyl (C=O) groups excluding carboxylic acids is 2. The molecule has 1 amide bonds. The number of esters is 1. The number of aromatic nitrogens is 2. The predicted octanol–water partition coefficient (Wildman–Crippen LogP) is 2.71. The average Bonchev–Trinajstić information content (AvgIpc) is 3.05. The third kappa shape index (κ3) is 4.28. The van der Waals surface area contributed by atoms with Crippen LogP contribution in [0.25, 0.3) is 11.5 Å². The van der Waals surface area contributed by atoms with Gasteiger partial charge in [0.25, 0.3) is 11.8 Å². The number of carbonyl (C=O) groups is 2. The molecule has 1 fully saturated rings. The van der Waals surface area contributed by atoms with E-state index in [1.54, 1.807) is 36.1 Å². The van der Waals surface area contributed by atoms with Crippen molar-refractivity contribution in [3.63, 3.8) is 0 Å². The second-order valence-electron chi connectivity index (χ2n) is 7.04. The van der Waals surface area contributed by atoms with E-state index in [-0.39, 0.29) is 12.5 Å². The summed E-state index contributed by atoms with van der Waals surface area (Å²) < 4.78 is 10.3. The zero-order valence-electron chi connectivity index (χ0n) is 15.3. The minimum absolute atomic E-state index is 0.144. The van der Waals surface area contributed by atoms with Gasteiger partial charge in [-0.15, -0.1) is 0 Å². The van der Waals surface area contributed by atoms with Crippen molar-refractivity contribution in [1.82, 2.24) is 15.0 Å². The number of nitrogens with zero attached hydrogens (tertiary/aromatic N) is 3. The Kier molecular flexibility index (Phi) is 5.35. The highest BCUT2D eigenvalue weighted by atomic mass is 16.5. The normalized spacial score (nSPS) is 20.0. The lowest BCUT2D eigenvalue weighted by Gasteiger charge is -2.34. The van der Waals surface area contributed by atoms with Crippen molar-refractivity contribution in [2.24, 2.45) is 11.8 Å². The summed E-state index contributed by atoms with van der Waals surface area (Å²) in [5.74, 6) is 1.22. The molecule has 0 radical (unpaired) electrons. The number of ether oxygens (including phenoxy) is 1. The summed E-state index contributed by atoms with van der Waals surface area (Å²) in [5.41, 5.74) is 1.09. The quantitative estimate of drug-likeness (QED) is 0.782. The molecule has 1 saturated heterocycles. The zero-order chi connectivity index (χ0) is 18.7. The summed E-state index contributed by atoms with van der Waals surface area (Å²) in [7, 11) is 0. The molecule has 1 aromatic heterocycles. The molecule has 0 bridgehead atoms. The summed E-state index contributed by atoms with van der Waals surface area (Å²) in [6, 6.07) is 6.65. The number of hydrogen-bond acceptors (Lipinski definition) is 6. The molecular weight excluding hydrogens is 334 g/mol. The van der Waals surface area contributed by atoms with Crippen LogP contribution in [0.4, 0.5) is 0 Å². The van der Waals surface area contributed by atoms with Crippen LogP contribution in [0, 0.1) is 18.8 Å². The standard InChI is InChI=1S/C19H23N3O4/c1-12-8-13(2)10-22(9-12)17(23)11-25-19(24)16-6-4-15(5-7-16)18-20-14(3)21-26-18/h4-7,12-13H,8-11H2,1-3H3. The van der Waals surface area contributed by atoms with Crippen molar-refractivity contribution in [2.45, 2.75) is 27.2 Å². The van der Waals surface area contributed by atoms with E-state index in [4.69, 9.17) is 9.26 Å². The summed E-state index contributed by atoms with van der Waals surface area (Å²) >= 11 is 0. The smallest absolute Gasteiger partial charge is 0.338 e. The number of aryl methyl sites for hydroxylation is 1. The maximum absolute atomic E-state index is 12.3. The van der Waals surface area contributed by atoms with Crippen molar-refractivity contribution < 1.29 is 18.8 Å². The number of amides is 1. The first-order valence-electron chi connectivity index (χ1n) is 8.78. The lowest BCUT2D eigenvalue weighted by molar-refractivity contribution is -0.137. The first kappa shape index (κ1) is 18.1. The molecule has 0 saturated carbocycles. The van der Waals surface area contributed by atoms with Gasteiger partial charge in [-0.25, -0.2) is 4.79 Å². The summed E-state index contributed by atoms with van der Waals surface area (Å²) in [4.78, 5) is 30.4. The number of rotatable bonds is 4. The van der Waals surface area contributed by atoms with Gasteiger partial charge in [-0.05, 0) is 49.4 Å². The summed E-state index contributed by atoms with van der Waals surface area (Å²) in [5, 5.41) is 3.73. The van der Waals surface area contributed by atoms with Crippen LogP contribution in [0.2, 0.25) is 0 Å². The molecule has 2 heterocycles. The van der Waals surface area contributed by atoms with Crippen LogP contribution in [0.3, 0.4) is 0 Å². The van der Waals surface area contributed by atoms with Crippen molar-refractivity contribution in [1.29, 1.82) is 0 Å². The first-order chi connectivity index (χ1) is 12.4. The van der Waals surface area contributed by atoms with Crippen LogP contribution in [-0.4, -0.2) is 46.6 Å². The van der Waals surface area contributed by atoms with Gasteiger partial charge in [0, 0.05) is 18.7 Å². The molecule has 1 aliphatic heterocycles. The van der Waals surface area contributed by atoms with Gasteiger partial charge < -0.3 is 14.2 Å². The molecule has 1 aromatic carbocycles. The second kappa shape index (κ2) is 7.68. The van der Waals surface area contributed by atoms with Gasteiger partial charge in [0.05, 0.1) is 5.56 Å². The Morgan fingerprint density at radius 1 is 1.19 bits per heavy atom. The van der Waals surface area contributed by atoms with E-state index >= 15 is 0 Å². The molecule has 0 spiro atoms. The molecule has 0 N–H and O–H groups in total. The van der Waals surface area contributed by atoms with E-state index in [0.29, 0.717) is 29.1 Å². The zero-order valence-corrected chi connectivity index (χ0v) is 15.3. The minimum Gasteiger partial charge on any atom is -0.452 e. The number of benzene rings is 1. The molecule has 2 atom stereocenters. The predicted molar refractivity (Wildman–Crippen MR) is 94.3 cm³/mol. The largest absolute Gasteiger partial charge is 0.452 e. The Hall–Kier alpha value is -2.70. The van der Waals surface area contributed by atoms with E-state index < -0.39 is 5.97 Å². The Morgan fingerprint density at radius 2 is 1.85 bits per heavy atom. The molecule has 7 heteroatoms. The van der Waals surface area contributed by atoms with Gasteiger partial charge >= 0.3 is 5.97 Å². The highest BCUT2D eigenvalue weighted by molar-refractivity contribution is 5.91. The minimum atomic E-state index is -0.523. The Morgan fingerprint density at radius 3 is 2.42 bits per heavy atom. The average molecular weight is 357 g/mol. The van der Waals surface area contributed by atoms with Crippen LogP contribution >= 0.6 is 0 Å².